The molecule has 0 aromatic heterocycles. The summed E-state index contributed by atoms with van der Waals surface area (Å²) in [6.07, 6.45) is 0.686. The van der Waals surface area contributed by atoms with E-state index in [1.54, 1.807) is 0 Å². The third kappa shape index (κ3) is 5.28. The molecule has 0 N–H and O–H groups in total. The van der Waals surface area contributed by atoms with Crippen LogP contribution in [0.4, 0.5) is 0 Å². The second kappa shape index (κ2) is 10.5. The molecule has 2 heteroatoms. The topological polar surface area (TPSA) is 34.1 Å². The summed E-state index contributed by atoms with van der Waals surface area (Å²) < 4.78 is 0. The van der Waals surface area contributed by atoms with E-state index < -0.39 is 0 Å². The molecule has 4 rings (SSSR count). The number of Topliss-reactive ketones (excluding diaryl/α,β-unsaturated/α-hetero) is 2. The number of hydrogen-bond donors (Lipinski definition) is 0. The van der Waals surface area contributed by atoms with Crippen LogP contribution in [-0.2, 0) is 0 Å². The van der Waals surface area contributed by atoms with Crippen molar-refractivity contribution in [1.82, 2.24) is 0 Å². The first-order valence-electron chi connectivity index (χ1n) is 11.0. The maximum absolute atomic E-state index is 13.2. The van der Waals surface area contributed by atoms with E-state index in [9.17, 15) is 9.59 Å². The van der Waals surface area contributed by atoms with Crippen LogP contribution in [0.3, 0.4) is 0 Å². The van der Waals surface area contributed by atoms with Gasteiger partial charge in [0.1, 0.15) is 0 Å². The summed E-state index contributed by atoms with van der Waals surface area (Å²) in [6, 6.07) is 39.0. The molecular formula is C30H26O2. The molecule has 0 saturated carbocycles. The highest BCUT2D eigenvalue weighted by Gasteiger charge is 2.29. The molecular weight excluding hydrogens is 392 g/mol. The molecule has 2 nitrogen and oxygen atoms in total. The first kappa shape index (κ1) is 21.5. The Hall–Kier alpha value is -3.78. The van der Waals surface area contributed by atoms with Crippen LogP contribution in [-0.4, -0.2) is 11.6 Å². The molecule has 2 atom stereocenters. The molecule has 0 aliphatic carbocycles. The number of ketones is 2. The van der Waals surface area contributed by atoms with Crippen molar-refractivity contribution in [3.63, 3.8) is 0 Å². The molecule has 0 fully saturated rings. The van der Waals surface area contributed by atoms with E-state index in [1.165, 1.54) is 0 Å². The average molecular weight is 419 g/mol. The van der Waals surface area contributed by atoms with Gasteiger partial charge in [-0.05, 0) is 23.0 Å². The highest BCUT2D eigenvalue weighted by Crippen LogP contribution is 2.39. The maximum atomic E-state index is 13.2. The van der Waals surface area contributed by atoms with Gasteiger partial charge in [-0.15, -0.1) is 0 Å². The third-order valence-electron chi connectivity index (χ3n) is 5.94. The zero-order valence-corrected chi connectivity index (χ0v) is 17.9. The van der Waals surface area contributed by atoms with Crippen molar-refractivity contribution >= 4 is 11.6 Å². The van der Waals surface area contributed by atoms with Gasteiger partial charge in [0, 0.05) is 24.0 Å². The van der Waals surface area contributed by atoms with Crippen LogP contribution in [0.5, 0.6) is 0 Å². The van der Waals surface area contributed by atoms with E-state index in [0.29, 0.717) is 24.0 Å². The van der Waals surface area contributed by atoms with Crippen LogP contribution in [0.25, 0.3) is 0 Å². The molecule has 32 heavy (non-hydrogen) atoms. The minimum Gasteiger partial charge on any atom is -0.294 e. The normalized spacial score (nSPS) is 12.6. The lowest BCUT2D eigenvalue weighted by Gasteiger charge is -2.28. The van der Waals surface area contributed by atoms with E-state index in [-0.39, 0.29) is 23.4 Å². The highest BCUT2D eigenvalue weighted by atomic mass is 16.1. The largest absolute Gasteiger partial charge is 0.294 e. The minimum atomic E-state index is -0.112. The fraction of sp³-hybridized carbons (Fsp3) is 0.133. The van der Waals surface area contributed by atoms with Gasteiger partial charge in [0.15, 0.2) is 11.6 Å². The summed E-state index contributed by atoms with van der Waals surface area (Å²) in [7, 11) is 0. The summed E-state index contributed by atoms with van der Waals surface area (Å²) in [5, 5.41) is 0. The Morgan fingerprint density at radius 2 is 0.719 bits per heavy atom. The number of benzene rings is 4. The van der Waals surface area contributed by atoms with Gasteiger partial charge in [0.2, 0.25) is 0 Å². The first-order valence-corrected chi connectivity index (χ1v) is 11.0. The Kier molecular flexibility index (Phi) is 7.04. The van der Waals surface area contributed by atoms with Gasteiger partial charge >= 0.3 is 0 Å². The highest BCUT2D eigenvalue weighted by molar-refractivity contribution is 5.98. The van der Waals surface area contributed by atoms with Gasteiger partial charge < -0.3 is 0 Å². The summed E-state index contributed by atoms with van der Waals surface area (Å²) in [5.41, 5.74) is 3.56. The Morgan fingerprint density at radius 3 is 1.03 bits per heavy atom. The molecule has 0 spiro atoms. The third-order valence-corrected chi connectivity index (χ3v) is 5.94. The van der Waals surface area contributed by atoms with Gasteiger partial charge in [-0.25, -0.2) is 0 Å². The van der Waals surface area contributed by atoms with Gasteiger partial charge in [-0.3, -0.25) is 9.59 Å². The smallest absolute Gasteiger partial charge is 0.163 e. The average Bonchev–Trinajstić information content (AvgIpc) is 2.88. The Bertz CT molecular complexity index is 1040. The van der Waals surface area contributed by atoms with E-state index in [1.807, 2.05) is 97.1 Å². The van der Waals surface area contributed by atoms with Gasteiger partial charge in [-0.2, -0.15) is 0 Å². The second-order valence-corrected chi connectivity index (χ2v) is 8.02. The Labute approximate surface area is 189 Å². The summed E-state index contributed by atoms with van der Waals surface area (Å²) in [5.74, 6) is -0.0435. The number of carbonyl (C=O) groups excluding carboxylic acids is 2. The second-order valence-electron chi connectivity index (χ2n) is 8.02. The van der Waals surface area contributed by atoms with Gasteiger partial charge in [0.05, 0.1) is 0 Å². The van der Waals surface area contributed by atoms with Crippen LogP contribution in [0.1, 0.15) is 56.5 Å². The molecule has 0 bridgehead atoms. The number of carbonyl (C=O) groups is 2. The van der Waals surface area contributed by atoms with Gasteiger partial charge in [0.25, 0.3) is 0 Å². The predicted molar refractivity (Wildman–Crippen MR) is 129 cm³/mol. The molecule has 0 unspecified atom stereocenters. The quantitative estimate of drug-likeness (QED) is 0.272. The van der Waals surface area contributed by atoms with Crippen molar-refractivity contribution in [2.45, 2.75) is 24.7 Å². The van der Waals surface area contributed by atoms with Crippen molar-refractivity contribution in [2.75, 3.05) is 0 Å². The van der Waals surface area contributed by atoms with Crippen LogP contribution in [0.2, 0.25) is 0 Å². The zero-order valence-electron chi connectivity index (χ0n) is 17.9. The van der Waals surface area contributed by atoms with Crippen molar-refractivity contribution in [1.29, 1.82) is 0 Å². The summed E-state index contributed by atoms with van der Waals surface area (Å²) >= 11 is 0. The van der Waals surface area contributed by atoms with Crippen molar-refractivity contribution < 1.29 is 9.59 Å². The molecule has 0 aliphatic rings. The molecule has 0 aliphatic heterocycles. The summed E-state index contributed by atoms with van der Waals surface area (Å²) in [6.45, 7) is 0. The van der Waals surface area contributed by atoms with E-state index in [4.69, 9.17) is 0 Å². The Morgan fingerprint density at radius 1 is 0.438 bits per heavy atom. The first-order chi connectivity index (χ1) is 15.7. The molecule has 4 aromatic rings. The molecule has 0 saturated heterocycles. The van der Waals surface area contributed by atoms with Crippen LogP contribution in [0, 0.1) is 0 Å². The van der Waals surface area contributed by atoms with Crippen LogP contribution >= 0.6 is 0 Å². The molecule has 158 valence electrons. The van der Waals surface area contributed by atoms with E-state index >= 15 is 0 Å². The lowest BCUT2D eigenvalue weighted by molar-refractivity contribution is 0.0936. The number of rotatable bonds is 9. The monoisotopic (exact) mass is 418 g/mol. The van der Waals surface area contributed by atoms with E-state index in [0.717, 1.165) is 11.1 Å². The number of hydrogen-bond acceptors (Lipinski definition) is 2. The van der Waals surface area contributed by atoms with Gasteiger partial charge in [-0.1, -0.05) is 121 Å². The SMILES string of the molecule is O=C(C[C@@H](c1ccccc1)[C@@H](CC(=O)c1ccccc1)c1ccccc1)c1ccccc1. The summed E-state index contributed by atoms with van der Waals surface area (Å²) in [4.78, 5) is 26.5. The zero-order chi connectivity index (χ0) is 22.2. The Balaban J connectivity index is 1.72. The van der Waals surface area contributed by atoms with Crippen LogP contribution in [0.15, 0.2) is 121 Å². The minimum absolute atomic E-state index is 0.0903. The van der Waals surface area contributed by atoms with Crippen molar-refractivity contribution in [2.24, 2.45) is 0 Å². The van der Waals surface area contributed by atoms with E-state index in [2.05, 4.69) is 24.3 Å². The lowest BCUT2D eigenvalue weighted by atomic mass is 9.75. The molecule has 0 heterocycles. The van der Waals surface area contributed by atoms with Crippen LogP contribution < -0.4 is 0 Å². The fourth-order valence-corrected chi connectivity index (χ4v) is 4.27. The molecule has 0 radical (unpaired) electrons. The fourth-order valence-electron chi connectivity index (χ4n) is 4.27. The standard InChI is InChI=1S/C30H26O2/c31-29(25-17-9-3-10-18-25)21-27(23-13-5-1-6-14-23)28(24-15-7-2-8-16-24)22-30(32)26-19-11-4-12-20-26/h1-20,27-28H,21-22H2/t27-,28-/m0/s1. The molecule has 4 aromatic carbocycles. The lowest BCUT2D eigenvalue weighted by Crippen LogP contribution is -2.19. The van der Waals surface area contributed by atoms with Crippen molar-refractivity contribution in [3.8, 4) is 0 Å². The maximum Gasteiger partial charge on any atom is 0.163 e. The molecule has 0 amide bonds. The predicted octanol–water partition coefficient (Wildman–Crippen LogP) is 7.10. The van der Waals surface area contributed by atoms with Crippen molar-refractivity contribution in [3.05, 3.63) is 144 Å².